The molecule has 0 spiro atoms. The standard InChI is InChI=1S/C16H16ClFN2O3S/c1-10-4-7-14(18)15(8-10)19-16(21)12-9-11(5-6-13(12)17)24(22,23)20(2)3/h4-9H,1-3H3,(H,19,21). The molecule has 24 heavy (non-hydrogen) atoms. The van der Waals surface area contributed by atoms with Crippen LogP contribution >= 0.6 is 11.6 Å². The molecule has 0 saturated carbocycles. The van der Waals surface area contributed by atoms with E-state index in [1.807, 2.05) is 0 Å². The van der Waals surface area contributed by atoms with E-state index in [2.05, 4.69) is 5.32 Å². The summed E-state index contributed by atoms with van der Waals surface area (Å²) in [5.41, 5.74) is 0.708. The number of amides is 1. The Balaban J connectivity index is 2.41. The lowest BCUT2D eigenvalue weighted by molar-refractivity contribution is 0.102. The van der Waals surface area contributed by atoms with Gasteiger partial charge in [-0.05, 0) is 42.8 Å². The lowest BCUT2D eigenvalue weighted by atomic mass is 10.2. The summed E-state index contributed by atoms with van der Waals surface area (Å²) in [5.74, 6) is -1.29. The summed E-state index contributed by atoms with van der Waals surface area (Å²) in [4.78, 5) is 12.3. The van der Waals surface area contributed by atoms with Crippen LogP contribution in [0.5, 0.6) is 0 Å². The van der Waals surface area contributed by atoms with E-state index in [4.69, 9.17) is 11.6 Å². The van der Waals surface area contributed by atoms with Gasteiger partial charge in [-0.15, -0.1) is 0 Å². The largest absolute Gasteiger partial charge is 0.319 e. The number of halogens is 2. The second-order valence-corrected chi connectivity index (χ2v) is 7.93. The number of rotatable bonds is 4. The van der Waals surface area contributed by atoms with Crippen molar-refractivity contribution in [3.8, 4) is 0 Å². The van der Waals surface area contributed by atoms with Crippen molar-refractivity contribution < 1.29 is 17.6 Å². The highest BCUT2D eigenvalue weighted by molar-refractivity contribution is 7.89. The Morgan fingerprint density at radius 2 is 1.83 bits per heavy atom. The molecule has 1 N–H and O–H groups in total. The summed E-state index contributed by atoms with van der Waals surface area (Å²) < 4.78 is 39.1. The molecular formula is C16H16ClFN2O3S. The first-order valence-corrected chi connectivity index (χ1v) is 8.74. The molecule has 0 aromatic heterocycles. The van der Waals surface area contributed by atoms with Gasteiger partial charge < -0.3 is 5.32 Å². The lowest BCUT2D eigenvalue weighted by Crippen LogP contribution is -2.23. The van der Waals surface area contributed by atoms with Crippen molar-refractivity contribution in [1.82, 2.24) is 4.31 Å². The van der Waals surface area contributed by atoms with E-state index >= 15 is 0 Å². The maximum Gasteiger partial charge on any atom is 0.257 e. The smallest absolute Gasteiger partial charge is 0.257 e. The Hall–Kier alpha value is -1.96. The highest BCUT2D eigenvalue weighted by Gasteiger charge is 2.21. The molecule has 0 bridgehead atoms. The van der Waals surface area contributed by atoms with Crippen LogP contribution < -0.4 is 5.32 Å². The van der Waals surface area contributed by atoms with Gasteiger partial charge in [0.2, 0.25) is 10.0 Å². The van der Waals surface area contributed by atoms with Gasteiger partial charge in [0, 0.05) is 14.1 Å². The maximum absolute atomic E-state index is 13.8. The number of nitrogens with one attached hydrogen (secondary N) is 1. The maximum atomic E-state index is 13.8. The molecule has 2 aromatic rings. The van der Waals surface area contributed by atoms with Crippen molar-refractivity contribution in [3.63, 3.8) is 0 Å². The molecule has 0 fully saturated rings. The van der Waals surface area contributed by atoms with E-state index in [9.17, 15) is 17.6 Å². The fourth-order valence-electron chi connectivity index (χ4n) is 1.97. The van der Waals surface area contributed by atoms with Crippen LogP contribution in [0.2, 0.25) is 5.02 Å². The van der Waals surface area contributed by atoms with Crippen molar-refractivity contribution in [1.29, 1.82) is 0 Å². The number of sulfonamides is 1. The monoisotopic (exact) mass is 370 g/mol. The minimum atomic E-state index is -3.72. The quantitative estimate of drug-likeness (QED) is 0.898. The average molecular weight is 371 g/mol. The Morgan fingerprint density at radius 3 is 2.46 bits per heavy atom. The summed E-state index contributed by atoms with van der Waals surface area (Å²) in [7, 11) is -0.955. The van der Waals surface area contributed by atoms with Crippen LogP contribution in [0.15, 0.2) is 41.3 Å². The Kier molecular flexibility index (Phi) is 5.27. The Labute approximate surface area is 145 Å². The Bertz CT molecular complexity index is 898. The summed E-state index contributed by atoms with van der Waals surface area (Å²) in [5, 5.41) is 2.48. The first-order valence-electron chi connectivity index (χ1n) is 6.92. The first-order chi connectivity index (χ1) is 11.1. The molecule has 2 rings (SSSR count). The molecule has 0 heterocycles. The average Bonchev–Trinajstić information content (AvgIpc) is 2.50. The van der Waals surface area contributed by atoms with Gasteiger partial charge in [0.1, 0.15) is 5.82 Å². The minimum absolute atomic E-state index is 0.00284. The van der Waals surface area contributed by atoms with Crippen LogP contribution in [0, 0.1) is 12.7 Å². The molecule has 5 nitrogen and oxygen atoms in total. The van der Waals surface area contributed by atoms with Gasteiger partial charge in [0.25, 0.3) is 5.91 Å². The molecule has 8 heteroatoms. The highest BCUT2D eigenvalue weighted by atomic mass is 35.5. The van der Waals surface area contributed by atoms with E-state index in [1.54, 1.807) is 13.0 Å². The number of aryl methyl sites for hydroxylation is 1. The van der Waals surface area contributed by atoms with Crippen LogP contribution in [0.25, 0.3) is 0 Å². The first kappa shape index (κ1) is 18.4. The number of anilines is 1. The van der Waals surface area contributed by atoms with Crippen molar-refractivity contribution in [2.45, 2.75) is 11.8 Å². The van der Waals surface area contributed by atoms with Crippen molar-refractivity contribution in [3.05, 3.63) is 58.4 Å². The number of benzene rings is 2. The fourth-order valence-corrected chi connectivity index (χ4v) is 3.11. The molecule has 0 aliphatic heterocycles. The normalized spacial score (nSPS) is 11.6. The third-order valence-corrected chi connectivity index (χ3v) is 5.47. The number of nitrogens with zero attached hydrogens (tertiary/aromatic N) is 1. The molecule has 0 atom stereocenters. The van der Waals surface area contributed by atoms with Crippen molar-refractivity contribution in [2.24, 2.45) is 0 Å². The lowest BCUT2D eigenvalue weighted by Gasteiger charge is -2.13. The highest BCUT2D eigenvalue weighted by Crippen LogP contribution is 2.24. The third-order valence-electron chi connectivity index (χ3n) is 3.33. The van der Waals surface area contributed by atoms with Gasteiger partial charge in [0.05, 0.1) is 21.2 Å². The van der Waals surface area contributed by atoms with Crippen molar-refractivity contribution in [2.75, 3.05) is 19.4 Å². The van der Waals surface area contributed by atoms with E-state index in [-0.39, 0.29) is 21.2 Å². The summed E-state index contributed by atoms with van der Waals surface area (Å²) >= 11 is 6.00. The number of hydrogen-bond donors (Lipinski definition) is 1. The van der Waals surface area contributed by atoms with Crippen LogP contribution in [0.3, 0.4) is 0 Å². The van der Waals surface area contributed by atoms with Gasteiger partial charge in [0.15, 0.2) is 0 Å². The SMILES string of the molecule is Cc1ccc(F)c(NC(=O)c2cc(S(=O)(=O)N(C)C)ccc2Cl)c1. The fraction of sp³-hybridized carbons (Fsp3) is 0.188. The second-order valence-electron chi connectivity index (χ2n) is 5.37. The molecule has 0 aliphatic carbocycles. The van der Waals surface area contributed by atoms with Crippen LogP contribution in [0.4, 0.5) is 10.1 Å². The zero-order valence-electron chi connectivity index (χ0n) is 13.3. The van der Waals surface area contributed by atoms with Crippen molar-refractivity contribution >= 4 is 33.2 Å². The molecule has 1 amide bonds. The van der Waals surface area contributed by atoms with E-state index in [1.165, 1.54) is 44.4 Å². The molecule has 128 valence electrons. The molecule has 2 aromatic carbocycles. The second kappa shape index (κ2) is 6.88. The minimum Gasteiger partial charge on any atom is -0.319 e. The Morgan fingerprint density at radius 1 is 1.17 bits per heavy atom. The van der Waals surface area contributed by atoms with Gasteiger partial charge in [-0.1, -0.05) is 17.7 Å². The van der Waals surface area contributed by atoms with Gasteiger partial charge in [-0.3, -0.25) is 4.79 Å². The predicted octanol–water partition coefficient (Wildman–Crippen LogP) is 3.29. The summed E-state index contributed by atoms with van der Waals surface area (Å²) in [6, 6.07) is 8.07. The number of carbonyl (C=O) groups is 1. The zero-order valence-corrected chi connectivity index (χ0v) is 14.9. The molecule has 0 saturated heterocycles. The number of carbonyl (C=O) groups excluding carboxylic acids is 1. The summed E-state index contributed by atoms with van der Waals surface area (Å²) in [6.45, 7) is 1.76. The molecule has 0 radical (unpaired) electrons. The summed E-state index contributed by atoms with van der Waals surface area (Å²) in [6.07, 6.45) is 0. The third kappa shape index (κ3) is 3.75. The zero-order chi connectivity index (χ0) is 18.1. The van der Waals surface area contributed by atoms with Gasteiger partial charge in [-0.25, -0.2) is 17.1 Å². The van der Waals surface area contributed by atoms with E-state index in [0.717, 1.165) is 9.87 Å². The number of hydrogen-bond acceptors (Lipinski definition) is 3. The van der Waals surface area contributed by atoms with Gasteiger partial charge >= 0.3 is 0 Å². The van der Waals surface area contributed by atoms with Crippen LogP contribution in [-0.2, 0) is 10.0 Å². The molecular weight excluding hydrogens is 355 g/mol. The molecule has 0 unspecified atom stereocenters. The van der Waals surface area contributed by atoms with E-state index < -0.39 is 21.7 Å². The van der Waals surface area contributed by atoms with E-state index in [0.29, 0.717) is 0 Å². The molecule has 0 aliphatic rings. The van der Waals surface area contributed by atoms with Crippen LogP contribution in [0.1, 0.15) is 15.9 Å². The van der Waals surface area contributed by atoms with Crippen LogP contribution in [-0.4, -0.2) is 32.7 Å². The van der Waals surface area contributed by atoms with Gasteiger partial charge in [-0.2, -0.15) is 0 Å². The predicted molar refractivity (Wildman–Crippen MR) is 91.4 cm³/mol. The topological polar surface area (TPSA) is 66.5 Å².